The number of hydrogen-bond donors (Lipinski definition) is 1. The summed E-state index contributed by atoms with van der Waals surface area (Å²) in [5, 5.41) is 9.42. The van der Waals surface area contributed by atoms with Gasteiger partial charge in [0, 0.05) is 37.5 Å². The third-order valence-corrected chi connectivity index (χ3v) is 4.34. The molecule has 0 spiro atoms. The van der Waals surface area contributed by atoms with Gasteiger partial charge in [0.2, 0.25) is 5.88 Å². The summed E-state index contributed by atoms with van der Waals surface area (Å²) >= 11 is 0. The van der Waals surface area contributed by atoms with Gasteiger partial charge in [-0.1, -0.05) is 12.1 Å². The second-order valence-electron chi connectivity index (χ2n) is 5.74. The van der Waals surface area contributed by atoms with Crippen LogP contribution in [0.25, 0.3) is 6.08 Å². The number of phenols is 1. The molecule has 1 N–H and O–H groups in total. The van der Waals surface area contributed by atoms with Crippen LogP contribution < -0.4 is 14.5 Å². The number of phenolic OH excluding ortho intramolecular Hbond substituents is 1. The van der Waals surface area contributed by atoms with Gasteiger partial charge in [-0.2, -0.15) is 0 Å². The van der Waals surface area contributed by atoms with Gasteiger partial charge in [0.15, 0.2) is 5.75 Å². The van der Waals surface area contributed by atoms with E-state index >= 15 is 0 Å². The number of anilines is 2. The van der Waals surface area contributed by atoms with Crippen molar-refractivity contribution < 1.29 is 9.84 Å². The first-order valence-corrected chi connectivity index (χ1v) is 8.51. The molecule has 0 aromatic heterocycles. The molecule has 0 atom stereocenters. The molecule has 0 fully saturated rings. The Balaban J connectivity index is 1.93. The Hall–Kier alpha value is -2.62. The van der Waals surface area contributed by atoms with E-state index in [1.54, 1.807) is 12.1 Å². The fourth-order valence-corrected chi connectivity index (χ4v) is 3.03. The van der Waals surface area contributed by atoms with E-state index in [9.17, 15) is 5.11 Å². The van der Waals surface area contributed by atoms with E-state index in [1.807, 2.05) is 18.2 Å². The fraction of sp³-hybridized carbons (Fsp3) is 0.300. The molecule has 3 rings (SSSR count). The predicted octanol–water partition coefficient (Wildman–Crippen LogP) is 4.46. The zero-order chi connectivity index (χ0) is 17.1. The van der Waals surface area contributed by atoms with Crippen LogP contribution in [0.4, 0.5) is 11.4 Å². The average molecular weight is 324 g/mol. The third-order valence-electron chi connectivity index (χ3n) is 4.34. The molecule has 1 aliphatic rings. The summed E-state index contributed by atoms with van der Waals surface area (Å²) in [6, 6.07) is 13.5. The largest absolute Gasteiger partial charge is 0.508 e. The number of nitrogens with zero attached hydrogens (tertiary/aromatic N) is 2. The van der Waals surface area contributed by atoms with Gasteiger partial charge in [0.25, 0.3) is 0 Å². The van der Waals surface area contributed by atoms with Crippen molar-refractivity contribution in [2.75, 3.05) is 29.4 Å². The molecular formula is C20H24N2O2. The Bertz CT molecular complexity index is 734. The maximum atomic E-state index is 9.42. The fourth-order valence-electron chi connectivity index (χ4n) is 3.03. The van der Waals surface area contributed by atoms with Crippen LogP contribution >= 0.6 is 0 Å². The van der Waals surface area contributed by atoms with Crippen molar-refractivity contribution >= 4 is 17.5 Å². The summed E-state index contributed by atoms with van der Waals surface area (Å²) in [6.07, 6.45) is 2.00. The lowest BCUT2D eigenvalue weighted by molar-refractivity contribution is 0.445. The summed E-state index contributed by atoms with van der Waals surface area (Å²) in [5.41, 5.74) is 3.28. The Morgan fingerprint density at radius 2 is 1.75 bits per heavy atom. The van der Waals surface area contributed by atoms with Crippen LogP contribution in [-0.4, -0.2) is 24.7 Å². The second kappa shape index (κ2) is 6.87. The van der Waals surface area contributed by atoms with E-state index < -0.39 is 0 Å². The summed E-state index contributed by atoms with van der Waals surface area (Å²) in [4.78, 5) is 4.47. The molecule has 2 aromatic rings. The van der Waals surface area contributed by atoms with Crippen LogP contribution in [0.2, 0.25) is 0 Å². The van der Waals surface area contributed by atoms with Gasteiger partial charge in [-0.3, -0.25) is 0 Å². The number of fused-ring (bicyclic) bond motifs is 1. The molecule has 0 saturated carbocycles. The molecule has 0 saturated heterocycles. The smallest absolute Gasteiger partial charge is 0.201 e. The molecule has 0 unspecified atom stereocenters. The lowest BCUT2D eigenvalue weighted by Crippen LogP contribution is -2.21. The van der Waals surface area contributed by atoms with Crippen LogP contribution in [0.15, 0.2) is 48.3 Å². The number of ether oxygens (including phenoxy) is 1. The second-order valence-corrected chi connectivity index (χ2v) is 5.74. The third kappa shape index (κ3) is 3.04. The highest BCUT2D eigenvalue weighted by Crippen LogP contribution is 2.41. The summed E-state index contributed by atoms with van der Waals surface area (Å²) in [7, 11) is 0. The minimum absolute atomic E-state index is 0.268. The Morgan fingerprint density at radius 3 is 2.38 bits per heavy atom. The Kier molecular flexibility index (Phi) is 4.65. The predicted molar refractivity (Wildman–Crippen MR) is 99.7 cm³/mol. The molecular weight excluding hydrogens is 300 g/mol. The zero-order valence-electron chi connectivity index (χ0n) is 14.5. The molecule has 1 aliphatic heterocycles. The van der Waals surface area contributed by atoms with E-state index in [1.165, 1.54) is 5.69 Å². The van der Waals surface area contributed by atoms with E-state index in [2.05, 4.69) is 48.8 Å². The standard InChI is InChI=1S/C20H24N2O2/c1-4-21(5-2)16-9-12-18-19(14-16)24-20(22(18)6-3)13-15-7-10-17(23)11-8-15/h7-14,23H,4-6H2,1-3H3/b20-13-. The van der Waals surface area contributed by atoms with Crippen LogP contribution in [0.1, 0.15) is 26.3 Å². The lowest BCUT2D eigenvalue weighted by Gasteiger charge is -2.21. The summed E-state index contributed by atoms with van der Waals surface area (Å²) < 4.78 is 6.12. The molecule has 0 bridgehead atoms. The highest BCUT2D eigenvalue weighted by molar-refractivity contribution is 5.74. The van der Waals surface area contributed by atoms with Gasteiger partial charge in [0.1, 0.15) is 5.75 Å². The van der Waals surface area contributed by atoms with Crippen LogP contribution in [0.3, 0.4) is 0 Å². The molecule has 1 heterocycles. The molecule has 4 heteroatoms. The van der Waals surface area contributed by atoms with Crippen molar-refractivity contribution in [3.05, 3.63) is 53.9 Å². The monoisotopic (exact) mass is 324 g/mol. The maximum absolute atomic E-state index is 9.42. The van der Waals surface area contributed by atoms with Crippen LogP contribution in [0.5, 0.6) is 11.5 Å². The topological polar surface area (TPSA) is 35.9 Å². The molecule has 126 valence electrons. The summed E-state index contributed by atoms with van der Waals surface area (Å²) in [5.74, 6) is 1.98. The Morgan fingerprint density at radius 1 is 1.04 bits per heavy atom. The van der Waals surface area contributed by atoms with Crippen LogP contribution in [0, 0.1) is 0 Å². The van der Waals surface area contributed by atoms with Crippen molar-refractivity contribution in [3.8, 4) is 11.5 Å². The zero-order valence-corrected chi connectivity index (χ0v) is 14.5. The number of rotatable bonds is 5. The van der Waals surface area contributed by atoms with Crippen LogP contribution in [-0.2, 0) is 0 Å². The van der Waals surface area contributed by atoms with Gasteiger partial charge >= 0.3 is 0 Å². The maximum Gasteiger partial charge on any atom is 0.201 e. The highest BCUT2D eigenvalue weighted by Gasteiger charge is 2.25. The first-order valence-electron chi connectivity index (χ1n) is 8.51. The van der Waals surface area contributed by atoms with Crippen molar-refractivity contribution in [3.63, 3.8) is 0 Å². The van der Waals surface area contributed by atoms with Crippen molar-refractivity contribution in [1.29, 1.82) is 0 Å². The van der Waals surface area contributed by atoms with Gasteiger partial charge in [-0.15, -0.1) is 0 Å². The molecule has 24 heavy (non-hydrogen) atoms. The first kappa shape index (κ1) is 16.2. The van der Waals surface area contributed by atoms with Crippen molar-refractivity contribution in [2.24, 2.45) is 0 Å². The molecule has 0 amide bonds. The Labute approximate surface area is 143 Å². The van der Waals surface area contributed by atoms with Gasteiger partial charge in [0.05, 0.1) is 5.69 Å². The molecule has 2 aromatic carbocycles. The van der Waals surface area contributed by atoms with E-state index in [4.69, 9.17) is 4.74 Å². The van der Waals surface area contributed by atoms with Crippen molar-refractivity contribution in [1.82, 2.24) is 0 Å². The number of benzene rings is 2. The van der Waals surface area contributed by atoms with Gasteiger partial charge in [-0.05, 0) is 50.6 Å². The summed E-state index contributed by atoms with van der Waals surface area (Å²) in [6.45, 7) is 9.22. The SMILES string of the molecule is CCN(CC)c1ccc2c(c1)O/C(=C\c1ccc(O)cc1)N2CC. The van der Waals surface area contributed by atoms with Gasteiger partial charge < -0.3 is 19.6 Å². The molecule has 4 nitrogen and oxygen atoms in total. The molecule has 0 radical (unpaired) electrons. The quantitative estimate of drug-likeness (QED) is 0.881. The minimum Gasteiger partial charge on any atom is -0.508 e. The number of hydrogen-bond acceptors (Lipinski definition) is 4. The average Bonchev–Trinajstić information content (AvgIpc) is 2.94. The first-order chi connectivity index (χ1) is 11.7. The number of aromatic hydroxyl groups is 1. The van der Waals surface area contributed by atoms with Gasteiger partial charge in [-0.25, -0.2) is 0 Å². The lowest BCUT2D eigenvalue weighted by atomic mass is 10.2. The minimum atomic E-state index is 0.268. The van der Waals surface area contributed by atoms with Crippen molar-refractivity contribution in [2.45, 2.75) is 20.8 Å². The molecule has 0 aliphatic carbocycles. The normalized spacial score (nSPS) is 14.6. The van der Waals surface area contributed by atoms with E-state index in [0.29, 0.717) is 0 Å². The highest BCUT2D eigenvalue weighted by atomic mass is 16.5. The van der Waals surface area contributed by atoms with E-state index in [-0.39, 0.29) is 5.75 Å². The van der Waals surface area contributed by atoms with E-state index in [0.717, 1.165) is 42.5 Å².